The molecular formula is C30H33Cl2N9O6. The smallest absolute Gasteiger partial charge is 0.411 e. The maximum atomic E-state index is 13.5. The van der Waals surface area contributed by atoms with Gasteiger partial charge in [0.15, 0.2) is 0 Å². The fourth-order valence-corrected chi connectivity index (χ4v) is 4.84. The number of carbonyl (C=O) groups excluding carboxylic acids is 3. The van der Waals surface area contributed by atoms with Crippen molar-refractivity contribution in [2.45, 2.75) is 12.5 Å². The number of aromatic amines is 1. The van der Waals surface area contributed by atoms with Crippen molar-refractivity contribution >= 4 is 52.9 Å². The summed E-state index contributed by atoms with van der Waals surface area (Å²) >= 11 is 12.8. The van der Waals surface area contributed by atoms with Gasteiger partial charge in [0.1, 0.15) is 23.0 Å². The van der Waals surface area contributed by atoms with Crippen molar-refractivity contribution < 1.29 is 28.6 Å². The summed E-state index contributed by atoms with van der Waals surface area (Å²) in [5, 5.41) is 17.3. The van der Waals surface area contributed by atoms with Crippen LogP contribution in [-0.2, 0) is 23.8 Å². The summed E-state index contributed by atoms with van der Waals surface area (Å²) in [7, 11) is 4.36. The second-order valence-corrected chi connectivity index (χ2v) is 10.7. The van der Waals surface area contributed by atoms with Crippen LogP contribution in [0, 0.1) is 0 Å². The first kappa shape index (κ1) is 35.0. The summed E-state index contributed by atoms with van der Waals surface area (Å²) in [6.07, 6.45) is 3.53. The largest absolute Gasteiger partial charge is 0.453 e. The highest BCUT2D eigenvalue weighted by Gasteiger charge is 2.26. The second kappa shape index (κ2) is 17.2. The third-order valence-electron chi connectivity index (χ3n) is 6.78. The number of anilines is 1. The fraction of sp³-hybridized carbons (Fsp3) is 0.300. The Bertz CT molecular complexity index is 1670. The van der Waals surface area contributed by atoms with E-state index >= 15 is 0 Å². The van der Waals surface area contributed by atoms with Crippen molar-refractivity contribution in [3.8, 4) is 16.9 Å². The van der Waals surface area contributed by atoms with E-state index in [4.69, 9.17) is 32.7 Å². The van der Waals surface area contributed by atoms with Crippen molar-refractivity contribution in [1.29, 1.82) is 0 Å². The molecule has 47 heavy (non-hydrogen) atoms. The summed E-state index contributed by atoms with van der Waals surface area (Å²) in [5.41, 5.74) is 2.69. The number of imidazole rings is 1. The number of nitrogens with zero attached hydrogens (tertiary/aromatic N) is 6. The lowest BCUT2D eigenvalue weighted by Crippen LogP contribution is -2.39. The zero-order valence-corrected chi connectivity index (χ0v) is 27.3. The summed E-state index contributed by atoms with van der Waals surface area (Å²) in [6, 6.07) is 10.9. The fourth-order valence-electron chi connectivity index (χ4n) is 4.41. The predicted molar refractivity (Wildman–Crippen MR) is 174 cm³/mol. The highest BCUT2D eigenvalue weighted by atomic mass is 35.5. The van der Waals surface area contributed by atoms with E-state index in [1.165, 1.54) is 24.2 Å². The van der Waals surface area contributed by atoms with Gasteiger partial charge in [0.05, 0.1) is 38.5 Å². The Morgan fingerprint density at radius 1 is 1.04 bits per heavy atom. The Morgan fingerprint density at radius 3 is 2.40 bits per heavy atom. The van der Waals surface area contributed by atoms with Crippen molar-refractivity contribution in [2.24, 2.45) is 0 Å². The molecule has 2 aromatic heterocycles. The van der Waals surface area contributed by atoms with Gasteiger partial charge in [-0.15, -0.1) is 5.10 Å². The Labute approximate surface area is 280 Å². The number of carbonyl (C=O) groups is 3. The van der Waals surface area contributed by atoms with Gasteiger partial charge in [0.25, 0.3) is 0 Å². The summed E-state index contributed by atoms with van der Waals surface area (Å²) in [6.45, 7) is 1.28. The summed E-state index contributed by atoms with van der Waals surface area (Å²) < 4.78 is 16.4. The number of benzene rings is 2. The third-order valence-corrected chi connectivity index (χ3v) is 7.29. The maximum Gasteiger partial charge on any atom is 0.411 e. The SMILES string of the molecule is COCCN(CCOC)C(=O)C[C@H](NC(=O)/C=C/c1cc(Cl)ccc1-n1cnnn1)c1nc(-c2ccc(NC(=O)OC)cc2)c(Cl)[nH]1. The van der Waals surface area contributed by atoms with Crippen LogP contribution < -0.4 is 10.6 Å². The maximum absolute atomic E-state index is 13.5. The van der Waals surface area contributed by atoms with Gasteiger partial charge in [-0.1, -0.05) is 35.3 Å². The van der Waals surface area contributed by atoms with Crippen molar-refractivity contribution in [3.05, 3.63) is 76.4 Å². The minimum atomic E-state index is -0.905. The van der Waals surface area contributed by atoms with Gasteiger partial charge in [-0.3, -0.25) is 14.9 Å². The summed E-state index contributed by atoms with van der Waals surface area (Å²) in [5.74, 6) is -0.526. The number of hydrogen-bond donors (Lipinski definition) is 3. The van der Waals surface area contributed by atoms with Crippen molar-refractivity contribution in [3.63, 3.8) is 0 Å². The molecule has 248 valence electrons. The van der Waals surface area contributed by atoms with Crippen LogP contribution in [0.4, 0.5) is 10.5 Å². The molecule has 0 saturated carbocycles. The predicted octanol–water partition coefficient (Wildman–Crippen LogP) is 3.92. The number of halogens is 2. The average molecular weight is 687 g/mol. The summed E-state index contributed by atoms with van der Waals surface area (Å²) in [4.78, 5) is 47.6. The van der Waals surface area contributed by atoms with E-state index in [1.54, 1.807) is 67.7 Å². The Kier molecular flexibility index (Phi) is 12.8. The van der Waals surface area contributed by atoms with E-state index in [0.717, 1.165) is 0 Å². The van der Waals surface area contributed by atoms with Crippen LogP contribution >= 0.6 is 23.2 Å². The Balaban J connectivity index is 1.61. The number of nitrogens with one attached hydrogen (secondary N) is 3. The lowest BCUT2D eigenvalue weighted by atomic mass is 10.1. The van der Waals surface area contributed by atoms with Gasteiger partial charge in [0.2, 0.25) is 11.8 Å². The van der Waals surface area contributed by atoms with Crippen LogP contribution in [0.2, 0.25) is 10.2 Å². The van der Waals surface area contributed by atoms with Crippen LogP contribution in [0.3, 0.4) is 0 Å². The van der Waals surface area contributed by atoms with Gasteiger partial charge < -0.3 is 29.4 Å². The molecule has 3 amide bonds. The van der Waals surface area contributed by atoms with Gasteiger partial charge >= 0.3 is 6.09 Å². The van der Waals surface area contributed by atoms with E-state index in [1.807, 2.05) is 0 Å². The van der Waals surface area contributed by atoms with Gasteiger partial charge in [0, 0.05) is 55.2 Å². The van der Waals surface area contributed by atoms with E-state index < -0.39 is 18.0 Å². The molecule has 15 nitrogen and oxygen atoms in total. The highest BCUT2D eigenvalue weighted by molar-refractivity contribution is 6.32. The number of rotatable bonds is 15. The molecular weight excluding hydrogens is 653 g/mol. The topological polar surface area (TPSA) is 178 Å². The molecule has 2 heterocycles. The molecule has 4 rings (SSSR count). The highest BCUT2D eigenvalue weighted by Crippen LogP contribution is 2.30. The second-order valence-electron chi connectivity index (χ2n) is 9.90. The zero-order chi connectivity index (χ0) is 33.8. The number of tetrazole rings is 1. The number of ether oxygens (including phenoxy) is 3. The molecule has 17 heteroatoms. The third kappa shape index (κ3) is 9.83. The molecule has 0 fully saturated rings. The molecule has 4 aromatic rings. The van der Waals surface area contributed by atoms with E-state index in [9.17, 15) is 14.4 Å². The zero-order valence-electron chi connectivity index (χ0n) is 25.8. The van der Waals surface area contributed by atoms with Crippen LogP contribution in [0.1, 0.15) is 23.9 Å². The molecule has 0 aliphatic carbocycles. The van der Waals surface area contributed by atoms with Gasteiger partial charge in [-0.25, -0.2) is 9.78 Å². The molecule has 0 aliphatic rings. The van der Waals surface area contributed by atoms with E-state index in [2.05, 4.69) is 40.9 Å². The molecule has 0 saturated heterocycles. The molecule has 0 radical (unpaired) electrons. The van der Waals surface area contributed by atoms with E-state index in [0.29, 0.717) is 59.5 Å². The molecule has 0 bridgehead atoms. The normalized spacial score (nSPS) is 11.8. The quantitative estimate of drug-likeness (QED) is 0.155. The first-order chi connectivity index (χ1) is 22.7. The lowest BCUT2D eigenvalue weighted by Gasteiger charge is -2.24. The number of hydrogen-bond acceptors (Lipinski definition) is 10. The Hall–Kier alpha value is -4.83. The molecule has 1 atom stereocenters. The monoisotopic (exact) mass is 685 g/mol. The van der Waals surface area contributed by atoms with Crippen molar-refractivity contribution in [1.82, 2.24) is 40.4 Å². The minimum Gasteiger partial charge on any atom is -0.453 e. The minimum absolute atomic E-state index is 0.148. The van der Waals surface area contributed by atoms with Crippen LogP contribution in [0.5, 0.6) is 0 Å². The van der Waals surface area contributed by atoms with Crippen LogP contribution in [0.15, 0.2) is 54.9 Å². The van der Waals surface area contributed by atoms with Crippen LogP contribution in [0.25, 0.3) is 23.0 Å². The number of aromatic nitrogens is 6. The van der Waals surface area contributed by atoms with Crippen LogP contribution in [-0.4, -0.2) is 101 Å². The van der Waals surface area contributed by atoms with Crippen molar-refractivity contribution in [2.75, 3.05) is 52.9 Å². The number of amides is 3. The molecule has 3 N–H and O–H groups in total. The molecule has 2 aromatic carbocycles. The lowest BCUT2D eigenvalue weighted by molar-refractivity contribution is -0.133. The van der Waals surface area contributed by atoms with Gasteiger partial charge in [-0.2, -0.15) is 4.68 Å². The first-order valence-electron chi connectivity index (χ1n) is 14.2. The number of methoxy groups -OCH3 is 3. The molecule has 0 aliphatic heterocycles. The Morgan fingerprint density at radius 2 is 1.77 bits per heavy atom. The standard InChI is InChI=1S/C30H33Cl2N9O6/c1-45-14-12-40(13-15-46-2)26(43)17-23(29-36-27(28(32)37-29)19-4-8-22(9-5-19)34-30(44)47-3)35-25(42)11-6-20-16-21(31)7-10-24(20)41-18-33-38-39-41/h4-11,16,18,23H,12-15,17H2,1-3H3,(H,34,44)(H,35,42)(H,36,37)/b11-6+/t23-/m0/s1. The number of H-pyrrole nitrogens is 1. The molecule has 0 spiro atoms. The van der Waals surface area contributed by atoms with Gasteiger partial charge in [-0.05, 0) is 46.8 Å². The van der Waals surface area contributed by atoms with E-state index in [-0.39, 0.29) is 23.3 Å². The molecule has 0 unspecified atom stereocenters. The average Bonchev–Trinajstić information content (AvgIpc) is 3.74. The first-order valence-corrected chi connectivity index (χ1v) is 15.0.